The van der Waals surface area contributed by atoms with Gasteiger partial charge in [-0.25, -0.2) is 0 Å². The van der Waals surface area contributed by atoms with Gasteiger partial charge in [0.05, 0.1) is 30.2 Å². The average Bonchev–Trinajstić information content (AvgIpc) is 3.15. The first-order valence-electron chi connectivity index (χ1n) is 29.2. The van der Waals surface area contributed by atoms with Gasteiger partial charge in [-0.3, -0.25) is 28.8 Å². The maximum atomic E-state index is 12.4. The zero-order chi connectivity index (χ0) is 63.4. The fraction of sp³-hybridized carbons (Fsp3) is 0.908. The zero-order valence-corrected chi connectivity index (χ0v) is 57.8. The van der Waals surface area contributed by atoms with Crippen LogP contribution < -0.4 is 26.6 Å². The standard InChI is InChI=1S/2C14H29NO.C13H25NO3.C13H27NO.C11H23NO/c1-10(2)9-11(15-14(6,7)8)12(16)13(3,4)5;1-9-10(2)11(15-14(6,7)8)12(16)13(3,4)5;1-12(2,3)11(17)9(7-8-10(15)16)14-13(4,5)6;1-9(2)10(14-13(6,7)8)11(15)12(3,4)5;1-8(12-11(5,6)7)9(13)10(2,3)4/h2*10-11,15H,9H2,1-8H3;9,14H,7-8H2,1-6H3,(H,15,16);9-10,14H,1-8H3;8,12H,1-7H3. The van der Waals surface area contributed by atoms with Crippen LogP contribution >= 0.6 is 0 Å². The normalized spacial score (nSPS) is 15.6. The van der Waals surface area contributed by atoms with E-state index in [-0.39, 0.29) is 91.5 Å². The highest BCUT2D eigenvalue weighted by molar-refractivity contribution is 5.91. The molecule has 0 spiro atoms. The number of carboxylic acids is 1. The van der Waals surface area contributed by atoms with E-state index in [0.29, 0.717) is 41.5 Å². The molecule has 0 aromatic rings. The molecular formula is C65H133N5O7. The van der Waals surface area contributed by atoms with E-state index in [1.165, 1.54) is 0 Å². The molecule has 0 aromatic carbocycles. The minimum absolute atomic E-state index is 0.000324. The summed E-state index contributed by atoms with van der Waals surface area (Å²) in [6.45, 7) is 75.1. The number of carbonyl (C=O) groups excluding carboxylic acids is 5. The van der Waals surface area contributed by atoms with Crippen molar-refractivity contribution in [2.45, 2.75) is 340 Å². The van der Waals surface area contributed by atoms with E-state index in [2.05, 4.69) is 151 Å². The molecule has 0 aliphatic rings. The predicted molar refractivity (Wildman–Crippen MR) is 332 cm³/mol. The van der Waals surface area contributed by atoms with E-state index >= 15 is 0 Å². The first kappa shape index (κ1) is 83.4. The van der Waals surface area contributed by atoms with E-state index in [9.17, 15) is 28.8 Å². The van der Waals surface area contributed by atoms with Crippen LogP contribution in [0.15, 0.2) is 0 Å². The van der Waals surface area contributed by atoms with Gasteiger partial charge in [-0.2, -0.15) is 0 Å². The topological polar surface area (TPSA) is 183 Å². The van der Waals surface area contributed by atoms with Gasteiger partial charge in [-0.1, -0.05) is 152 Å². The molecule has 0 saturated heterocycles. The Bertz CT molecular complexity index is 1750. The molecule has 0 heterocycles. The molecule has 0 amide bonds. The second-order valence-electron chi connectivity index (χ2n) is 33.0. The maximum Gasteiger partial charge on any atom is 0.303 e. The highest BCUT2D eigenvalue weighted by Gasteiger charge is 2.37. The van der Waals surface area contributed by atoms with Gasteiger partial charge in [0.2, 0.25) is 0 Å². The van der Waals surface area contributed by atoms with Gasteiger partial charge in [0.1, 0.15) is 0 Å². The highest BCUT2D eigenvalue weighted by atomic mass is 16.4. The number of carboxylic acid groups (broad SMARTS) is 1. The van der Waals surface area contributed by atoms with Crippen molar-refractivity contribution in [3.8, 4) is 0 Å². The molecule has 12 heteroatoms. The third-order valence-electron chi connectivity index (χ3n) is 11.6. The number of hydrogen-bond acceptors (Lipinski definition) is 11. The van der Waals surface area contributed by atoms with Gasteiger partial charge in [0.25, 0.3) is 0 Å². The smallest absolute Gasteiger partial charge is 0.303 e. The molecule has 460 valence electrons. The number of aliphatic carboxylic acids is 1. The average molecular weight is 1100 g/mol. The Balaban J connectivity index is -0.000000281. The summed E-state index contributed by atoms with van der Waals surface area (Å²) in [7, 11) is 0. The summed E-state index contributed by atoms with van der Waals surface area (Å²) >= 11 is 0. The fourth-order valence-electron chi connectivity index (χ4n) is 7.80. The summed E-state index contributed by atoms with van der Waals surface area (Å²) in [5.41, 5.74) is -1.77. The molecule has 0 saturated carbocycles. The molecule has 0 rings (SSSR count). The van der Waals surface area contributed by atoms with Gasteiger partial charge in [-0.15, -0.1) is 0 Å². The number of carbonyl (C=O) groups is 6. The fourth-order valence-corrected chi connectivity index (χ4v) is 7.80. The van der Waals surface area contributed by atoms with Gasteiger partial charge in [-0.05, 0) is 141 Å². The number of ketones is 5. The summed E-state index contributed by atoms with van der Waals surface area (Å²) < 4.78 is 0. The molecule has 0 fully saturated rings. The summed E-state index contributed by atoms with van der Waals surface area (Å²) in [6.07, 6.45) is 2.28. The van der Waals surface area contributed by atoms with Crippen LogP contribution in [0.5, 0.6) is 0 Å². The van der Waals surface area contributed by atoms with Crippen molar-refractivity contribution in [2.75, 3.05) is 0 Å². The third-order valence-corrected chi connectivity index (χ3v) is 11.6. The van der Waals surface area contributed by atoms with E-state index in [0.717, 1.165) is 12.8 Å². The number of nitrogens with one attached hydrogen (secondary N) is 5. The largest absolute Gasteiger partial charge is 0.481 e. The Kier molecular flexibility index (Phi) is 35.7. The van der Waals surface area contributed by atoms with E-state index in [4.69, 9.17) is 5.11 Å². The zero-order valence-electron chi connectivity index (χ0n) is 57.8. The molecule has 0 radical (unpaired) electrons. The Morgan fingerprint density at radius 2 is 0.636 bits per heavy atom. The van der Waals surface area contributed by atoms with E-state index in [1.807, 2.05) is 132 Å². The molecule has 0 bridgehead atoms. The predicted octanol–water partition coefficient (Wildman–Crippen LogP) is 14.4. The van der Waals surface area contributed by atoms with Crippen LogP contribution in [0, 0.1) is 44.8 Å². The SMILES string of the molecule is CC(C)(C)NC(CCC(=O)O)C(=O)C(C)(C)C.CC(C)C(NC(C)(C)C)C(=O)C(C)(C)C.CC(C)CC(NC(C)(C)C)C(=O)C(C)(C)C.CC(NC(C)(C)C)C(=O)C(C)(C)C.CCC(C)C(NC(C)(C)C)C(=O)C(C)(C)C. The Morgan fingerprint density at radius 1 is 0.364 bits per heavy atom. The van der Waals surface area contributed by atoms with Crippen LogP contribution in [0.2, 0.25) is 0 Å². The Labute approximate surface area is 478 Å². The van der Waals surface area contributed by atoms with Crippen molar-refractivity contribution in [1.29, 1.82) is 0 Å². The molecule has 6 unspecified atom stereocenters. The van der Waals surface area contributed by atoms with Crippen LogP contribution in [0.1, 0.15) is 282 Å². The summed E-state index contributed by atoms with van der Waals surface area (Å²) in [4.78, 5) is 71.5. The van der Waals surface area contributed by atoms with Crippen molar-refractivity contribution in [3.63, 3.8) is 0 Å². The first-order valence-corrected chi connectivity index (χ1v) is 29.2. The van der Waals surface area contributed by atoms with Crippen LogP contribution in [0.25, 0.3) is 0 Å². The molecule has 77 heavy (non-hydrogen) atoms. The lowest BCUT2D eigenvalue weighted by Gasteiger charge is -2.35. The first-order chi connectivity index (χ1) is 33.3. The molecule has 0 aliphatic carbocycles. The van der Waals surface area contributed by atoms with Crippen LogP contribution in [-0.2, 0) is 28.8 Å². The Hall–Kier alpha value is -2.38. The molecular weight excluding hydrogens is 963 g/mol. The molecule has 6 atom stereocenters. The Morgan fingerprint density at radius 3 is 0.883 bits per heavy atom. The summed E-state index contributed by atoms with van der Waals surface area (Å²) in [6, 6.07) is -0.582. The molecule has 0 aromatic heterocycles. The molecule has 6 N–H and O–H groups in total. The lowest BCUT2D eigenvalue weighted by atomic mass is 9.80. The number of hydrogen-bond donors (Lipinski definition) is 6. The maximum absolute atomic E-state index is 12.4. The monoisotopic (exact) mass is 1100 g/mol. The van der Waals surface area contributed by atoms with Gasteiger partial charge < -0.3 is 31.7 Å². The second kappa shape index (κ2) is 32.9. The van der Waals surface area contributed by atoms with Crippen molar-refractivity contribution in [2.24, 2.45) is 44.8 Å². The van der Waals surface area contributed by atoms with Crippen molar-refractivity contribution < 1.29 is 33.9 Å². The lowest BCUT2D eigenvalue weighted by molar-refractivity contribution is -0.138. The highest BCUT2D eigenvalue weighted by Crippen LogP contribution is 2.26. The lowest BCUT2D eigenvalue weighted by Crippen LogP contribution is -2.53. The summed E-state index contributed by atoms with van der Waals surface area (Å²) in [5.74, 6) is 1.64. The minimum atomic E-state index is -0.868. The van der Waals surface area contributed by atoms with Crippen molar-refractivity contribution in [1.82, 2.24) is 26.6 Å². The molecule has 0 aliphatic heterocycles. The molecule has 12 nitrogen and oxygen atoms in total. The second-order valence-corrected chi connectivity index (χ2v) is 33.0. The van der Waals surface area contributed by atoms with E-state index < -0.39 is 17.4 Å². The number of Topliss-reactive ketones (excluding diaryl/α,β-unsaturated/α-hetero) is 5. The van der Waals surface area contributed by atoms with Gasteiger partial charge in [0.15, 0.2) is 28.9 Å². The third kappa shape index (κ3) is 45.0. The summed E-state index contributed by atoms with van der Waals surface area (Å²) in [5, 5.41) is 25.5. The number of rotatable bonds is 18. The van der Waals surface area contributed by atoms with Gasteiger partial charge >= 0.3 is 5.97 Å². The van der Waals surface area contributed by atoms with Crippen molar-refractivity contribution >= 4 is 34.9 Å². The van der Waals surface area contributed by atoms with E-state index in [1.54, 1.807) is 0 Å². The van der Waals surface area contributed by atoms with Gasteiger partial charge in [0, 0.05) is 61.2 Å². The van der Waals surface area contributed by atoms with Crippen LogP contribution in [-0.4, -0.2) is 97.9 Å². The van der Waals surface area contributed by atoms with Crippen LogP contribution in [0.3, 0.4) is 0 Å². The quantitative estimate of drug-likeness (QED) is 0.0765. The van der Waals surface area contributed by atoms with Crippen molar-refractivity contribution in [3.05, 3.63) is 0 Å². The van der Waals surface area contributed by atoms with Crippen LogP contribution in [0.4, 0.5) is 0 Å². The minimum Gasteiger partial charge on any atom is -0.481 e.